The van der Waals surface area contributed by atoms with E-state index in [1.165, 1.54) is 37.5 Å². The SMILES string of the molecule is CCOc1cc(/C=C2/C(=O)NC(=O)N(c3ccc(C(=O)OC)cc3)C2=O)cc(I)c1OCC(=O)Nc1cccc(C)c1C. The molecule has 12 heteroatoms. The van der Waals surface area contributed by atoms with Crippen molar-refractivity contribution < 1.29 is 38.2 Å². The normalized spacial score (nSPS) is 13.9. The number of carbonyl (C=O) groups is 5. The number of benzene rings is 3. The number of hydrogen-bond acceptors (Lipinski definition) is 8. The van der Waals surface area contributed by atoms with Crippen LogP contribution in [0, 0.1) is 17.4 Å². The van der Waals surface area contributed by atoms with E-state index in [0.717, 1.165) is 16.0 Å². The van der Waals surface area contributed by atoms with Crippen LogP contribution >= 0.6 is 22.6 Å². The highest BCUT2D eigenvalue weighted by Crippen LogP contribution is 2.35. The number of methoxy groups -OCH3 is 1. The van der Waals surface area contributed by atoms with Crippen molar-refractivity contribution in [2.75, 3.05) is 30.5 Å². The summed E-state index contributed by atoms with van der Waals surface area (Å²) in [6, 6.07) is 13.5. The number of aryl methyl sites for hydroxylation is 1. The number of imide groups is 2. The molecule has 3 aromatic carbocycles. The first-order chi connectivity index (χ1) is 20.5. The van der Waals surface area contributed by atoms with Crippen LogP contribution in [0.15, 0.2) is 60.2 Å². The summed E-state index contributed by atoms with van der Waals surface area (Å²) in [5.41, 5.74) is 3.21. The molecule has 1 fully saturated rings. The molecular weight excluding hydrogens is 669 g/mol. The van der Waals surface area contributed by atoms with Crippen molar-refractivity contribution in [1.29, 1.82) is 0 Å². The van der Waals surface area contributed by atoms with Gasteiger partial charge in [0.2, 0.25) is 0 Å². The summed E-state index contributed by atoms with van der Waals surface area (Å²) in [5, 5.41) is 5.01. The zero-order valence-electron chi connectivity index (χ0n) is 23.8. The standard InChI is InChI=1S/C31H28IN3O8/c1-5-42-25-15-19(14-23(32)27(25)43-16-26(36)33-24-8-6-7-17(2)18(24)3)13-22-28(37)34-31(40)35(29(22)38)21-11-9-20(10-12-21)30(39)41-4/h6-15H,5,16H2,1-4H3,(H,33,36)(H,34,37,40)/b22-13-. The highest BCUT2D eigenvalue weighted by molar-refractivity contribution is 14.1. The molecule has 43 heavy (non-hydrogen) atoms. The lowest BCUT2D eigenvalue weighted by Gasteiger charge is -2.26. The van der Waals surface area contributed by atoms with E-state index in [2.05, 4.69) is 15.4 Å². The number of urea groups is 1. The third-order valence-electron chi connectivity index (χ3n) is 6.52. The summed E-state index contributed by atoms with van der Waals surface area (Å²) in [6.07, 6.45) is 1.33. The molecule has 1 aliphatic heterocycles. The highest BCUT2D eigenvalue weighted by atomic mass is 127. The number of ether oxygens (including phenoxy) is 3. The Morgan fingerprint density at radius 1 is 1.02 bits per heavy atom. The van der Waals surface area contributed by atoms with Gasteiger partial charge in [-0.15, -0.1) is 0 Å². The number of esters is 1. The van der Waals surface area contributed by atoms with Crippen molar-refractivity contribution >= 4 is 69.8 Å². The molecule has 1 saturated heterocycles. The Morgan fingerprint density at radius 3 is 2.42 bits per heavy atom. The van der Waals surface area contributed by atoms with Crippen LogP contribution in [0.25, 0.3) is 6.08 Å². The average Bonchev–Trinajstić information content (AvgIpc) is 2.97. The smallest absolute Gasteiger partial charge is 0.337 e. The second-order valence-corrected chi connectivity index (χ2v) is 10.5. The van der Waals surface area contributed by atoms with Crippen molar-refractivity contribution in [3.63, 3.8) is 0 Å². The number of rotatable bonds is 9. The molecule has 0 radical (unpaired) electrons. The van der Waals surface area contributed by atoms with E-state index < -0.39 is 23.8 Å². The number of nitrogens with one attached hydrogen (secondary N) is 2. The summed E-state index contributed by atoms with van der Waals surface area (Å²) in [4.78, 5) is 63.8. The van der Waals surface area contributed by atoms with Crippen LogP contribution in [0.1, 0.15) is 34.0 Å². The van der Waals surface area contributed by atoms with E-state index >= 15 is 0 Å². The van der Waals surface area contributed by atoms with Gasteiger partial charge in [-0.25, -0.2) is 14.5 Å². The maximum absolute atomic E-state index is 13.3. The molecule has 0 aliphatic carbocycles. The first-order valence-corrected chi connectivity index (χ1v) is 14.2. The van der Waals surface area contributed by atoms with Crippen LogP contribution in [0.4, 0.5) is 16.2 Å². The van der Waals surface area contributed by atoms with Gasteiger partial charge in [0.25, 0.3) is 17.7 Å². The molecule has 1 aliphatic rings. The lowest BCUT2D eigenvalue weighted by Crippen LogP contribution is -2.54. The number of nitrogens with zero attached hydrogens (tertiary/aromatic N) is 1. The van der Waals surface area contributed by atoms with Gasteiger partial charge in [0, 0.05) is 5.69 Å². The van der Waals surface area contributed by atoms with Crippen LogP contribution in [-0.4, -0.2) is 50.0 Å². The fraction of sp³-hybridized carbons (Fsp3) is 0.194. The Bertz CT molecular complexity index is 1650. The minimum absolute atomic E-state index is 0.154. The minimum atomic E-state index is -0.926. The highest BCUT2D eigenvalue weighted by Gasteiger charge is 2.37. The molecule has 222 valence electrons. The minimum Gasteiger partial charge on any atom is -0.490 e. The Kier molecular flexibility index (Phi) is 9.80. The molecule has 3 aromatic rings. The molecule has 0 spiro atoms. The molecule has 5 amide bonds. The lowest BCUT2D eigenvalue weighted by molar-refractivity contribution is -0.122. The molecule has 4 rings (SSSR count). The van der Waals surface area contributed by atoms with Crippen LogP contribution in [0.2, 0.25) is 0 Å². The molecule has 1 heterocycles. The van der Waals surface area contributed by atoms with Gasteiger partial charge < -0.3 is 19.5 Å². The molecule has 0 atom stereocenters. The molecule has 0 saturated carbocycles. The molecule has 0 unspecified atom stereocenters. The number of amides is 5. The number of hydrogen-bond donors (Lipinski definition) is 2. The fourth-order valence-corrected chi connectivity index (χ4v) is 4.99. The number of barbiturate groups is 1. The van der Waals surface area contributed by atoms with Crippen molar-refractivity contribution in [3.8, 4) is 11.5 Å². The summed E-state index contributed by atoms with van der Waals surface area (Å²) >= 11 is 2.01. The van der Waals surface area contributed by atoms with Gasteiger partial charge in [0.1, 0.15) is 5.57 Å². The van der Waals surface area contributed by atoms with E-state index in [1.54, 1.807) is 19.1 Å². The molecular formula is C31H28IN3O8. The zero-order valence-corrected chi connectivity index (χ0v) is 25.9. The molecule has 0 bridgehead atoms. The summed E-state index contributed by atoms with van der Waals surface area (Å²) in [5.74, 6) is -2.03. The first-order valence-electron chi connectivity index (χ1n) is 13.1. The summed E-state index contributed by atoms with van der Waals surface area (Å²) in [6.45, 7) is 5.66. The van der Waals surface area contributed by atoms with Gasteiger partial charge in [-0.3, -0.25) is 19.7 Å². The van der Waals surface area contributed by atoms with E-state index in [4.69, 9.17) is 9.47 Å². The predicted molar refractivity (Wildman–Crippen MR) is 167 cm³/mol. The van der Waals surface area contributed by atoms with Crippen molar-refractivity contribution in [1.82, 2.24) is 5.32 Å². The third kappa shape index (κ3) is 7.02. The second-order valence-electron chi connectivity index (χ2n) is 9.34. The Hall–Kier alpha value is -4.72. The molecule has 0 aromatic heterocycles. The monoisotopic (exact) mass is 697 g/mol. The number of halogens is 1. The van der Waals surface area contributed by atoms with Gasteiger partial charge in [0.05, 0.1) is 28.5 Å². The molecule has 2 N–H and O–H groups in total. The molecule has 11 nitrogen and oxygen atoms in total. The van der Waals surface area contributed by atoms with Crippen molar-refractivity contribution in [2.24, 2.45) is 0 Å². The van der Waals surface area contributed by atoms with Crippen LogP contribution < -0.4 is 25.0 Å². The zero-order chi connectivity index (χ0) is 31.3. The van der Waals surface area contributed by atoms with E-state index in [9.17, 15) is 24.0 Å². The van der Waals surface area contributed by atoms with E-state index in [-0.39, 0.29) is 35.9 Å². The topological polar surface area (TPSA) is 140 Å². The Balaban J connectivity index is 1.58. The van der Waals surface area contributed by atoms with Gasteiger partial charge in [0.15, 0.2) is 18.1 Å². The fourth-order valence-electron chi connectivity index (χ4n) is 4.21. The average molecular weight is 697 g/mol. The quantitative estimate of drug-likeness (QED) is 0.141. The van der Waals surface area contributed by atoms with Gasteiger partial charge in [-0.1, -0.05) is 12.1 Å². The van der Waals surface area contributed by atoms with Crippen LogP contribution in [0.5, 0.6) is 11.5 Å². The van der Waals surface area contributed by atoms with Gasteiger partial charge in [-0.2, -0.15) is 0 Å². The number of carbonyl (C=O) groups excluding carboxylic acids is 5. The van der Waals surface area contributed by atoms with Gasteiger partial charge in [-0.05, 0) is 109 Å². The second kappa shape index (κ2) is 13.5. The van der Waals surface area contributed by atoms with Crippen molar-refractivity contribution in [3.05, 3.63) is 86.0 Å². The number of anilines is 2. The van der Waals surface area contributed by atoms with E-state index in [1.807, 2.05) is 54.6 Å². The summed E-state index contributed by atoms with van der Waals surface area (Å²) in [7, 11) is 1.24. The maximum atomic E-state index is 13.3. The summed E-state index contributed by atoms with van der Waals surface area (Å²) < 4.78 is 16.8. The Labute approximate surface area is 261 Å². The van der Waals surface area contributed by atoms with Crippen molar-refractivity contribution in [2.45, 2.75) is 20.8 Å². The van der Waals surface area contributed by atoms with E-state index in [0.29, 0.717) is 26.3 Å². The first kappa shape index (κ1) is 31.2. The predicted octanol–water partition coefficient (Wildman–Crippen LogP) is 4.78. The maximum Gasteiger partial charge on any atom is 0.337 e. The van der Waals surface area contributed by atoms with Gasteiger partial charge >= 0.3 is 12.0 Å². The van der Waals surface area contributed by atoms with Crippen LogP contribution in [0.3, 0.4) is 0 Å². The largest absolute Gasteiger partial charge is 0.490 e. The van der Waals surface area contributed by atoms with Crippen LogP contribution in [-0.2, 0) is 19.1 Å². The Morgan fingerprint density at radius 2 is 1.74 bits per heavy atom. The lowest BCUT2D eigenvalue weighted by atomic mass is 10.1. The third-order valence-corrected chi connectivity index (χ3v) is 7.32.